The zero-order valence-corrected chi connectivity index (χ0v) is 22.9. The molecule has 0 saturated carbocycles. The first-order chi connectivity index (χ1) is 19.5. The van der Waals surface area contributed by atoms with Crippen molar-refractivity contribution in [3.63, 3.8) is 0 Å². The van der Waals surface area contributed by atoms with Gasteiger partial charge in [-0.15, -0.1) is 0 Å². The van der Waals surface area contributed by atoms with Gasteiger partial charge in [0.25, 0.3) is 10.0 Å². The molecule has 5 aromatic rings. The number of hydrogen-bond acceptors (Lipinski definition) is 2. The van der Waals surface area contributed by atoms with E-state index in [1.807, 2.05) is 110 Å². The van der Waals surface area contributed by atoms with Crippen LogP contribution < -0.4 is 4.31 Å². The molecule has 5 aromatic carbocycles. The maximum absolute atomic E-state index is 14.0. The number of aryl methyl sites for hydroxylation is 1. The third kappa shape index (κ3) is 4.84. The summed E-state index contributed by atoms with van der Waals surface area (Å²) < 4.78 is 29.4. The maximum Gasteiger partial charge on any atom is 0.264 e. The summed E-state index contributed by atoms with van der Waals surface area (Å²) in [5.41, 5.74) is 8.33. The zero-order valence-electron chi connectivity index (χ0n) is 22.1. The quantitative estimate of drug-likeness (QED) is 0.222. The van der Waals surface area contributed by atoms with Gasteiger partial charge in [-0.1, -0.05) is 114 Å². The Morgan fingerprint density at radius 1 is 0.675 bits per heavy atom. The predicted molar refractivity (Wildman–Crippen MR) is 163 cm³/mol. The molecule has 194 valence electrons. The molecule has 0 aromatic heterocycles. The highest BCUT2D eigenvalue weighted by atomic mass is 32.2. The van der Waals surface area contributed by atoms with Gasteiger partial charge in [0.15, 0.2) is 0 Å². The molecule has 0 spiro atoms. The summed E-state index contributed by atoms with van der Waals surface area (Å²) in [7, 11) is -3.78. The Balaban J connectivity index is 1.57. The minimum Gasteiger partial charge on any atom is -0.261 e. The van der Waals surface area contributed by atoms with E-state index in [-0.39, 0.29) is 11.4 Å². The number of para-hydroxylation sites is 1. The molecule has 0 radical (unpaired) electrons. The van der Waals surface area contributed by atoms with Crippen LogP contribution in [0.4, 0.5) is 5.69 Å². The zero-order chi connectivity index (χ0) is 27.5. The summed E-state index contributed by atoms with van der Waals surface area (Å²) >= 11 is 0. The Labute approximate surface area is 236 Å². The van der Waals surface area contributed by atoms with Crippen LogP contribution in [0.1, 0.15) is 33.4 Å². The van der Waals surface area contributed by atoms with E-state index in [2.05, 4.69) is 30.0 Å². The Hall–Kier alpha value is -4.85. The average molecular weight is 538 g/mol. The SMILES string of the molecule is Cc1ccc(S(=O)(=O)N2C/C(=C(/c3ccccc3)c3ccccc3C#Cc3ccccc3)c3ccccc32)cc1. The number of nitrogens with zero attached hydrogens (tertiary/aromatic N) is 1. The number of benzene rings is 5. The van der Waals surface area contributed by atoms with Crippen LogP contribution in [0.3, 0.4) is 0 Å². The normalized spacial score (nSPS) is 13.8. The lowest BCUT2D eigenvalue weighted by Crippen LogP contribution is -2.29. The predicted octanol–water partition coefficient (Wildman–Crippen LogP) is 7.56. The number of hydrogen-bond donors (Lipinski definition) is 0. The first-order valence-electron chi connectivity index (χ1n) is 13.2. The second-order valence-corrected chi connectivity index (χ2v) is 11.6. The van der Waals surface area contributed by atoms with Crippen LogP contribution in [0.2, 0.25) is 0 Å². The van der Waals surface area contributed by atoms with Crippen molar-refractivity contribution in [1.82, 2.24) is 0 Å². The van der Waals surface area contributed by atoms with Crippen molar-refractivity contribution >= 4 is 26.9 Å². The van der Waals surface area contributed by atoms with Crippen LogP contribution in [-0.4, -0.2) is 15.0 Å². The van der Waals surface area contributed by atoms with Crippen molar-refractivity contribution in [2.45, 2.75) is 11.8 Å². The lowest BCUT2D eigenvalue weighted by molar-refractivity contribution is 0.593. The molecule has 0 atom stereocenters. The molecule has 0 amide bonds. The molecule has 1 aliphatic rings. The smallest absolute Gasteiger partial charge is 0.261 e. The fourth-order valence-electron chi connectivity index (χ4n) is 5.09. The van der Waals surface area contributed by atoms with Gasteiger partial charge in [0, 0.05) is 16.7 Å². The number of rotatable bonds is 4. The standard InChI is InChI=1S/C36H27NO2S/c1-27-20-24-31(25-21-27)40(38,39)37-26-34(33-18-10-11-19-35(33)37)36(30-15-6-3-7-16-30)32-17-9-8-14-29(32)23-22-28-12-4-2-5-13-28/h2-21,24-25H,26H2,1H3/b36-34+. The highest BCUT2D eigenvalue weighted by Crippen LogP contribution is 2.44. The van der Waals surface area contributed by atoms with Crippen LogP contribution >= 0.6 is 0 Å². The van der Waals surface area contributed by atoms with Gasteiger partial charge in [0.05, 0.1) is 17.1 Å². The first-order valence-corrected chi connectivity index (χ1v) is 14.6. The second-order valence-electron chi connectivity index (χ2n) is 9.72. The lowest BCUT2D eigenvalue weighted by atomic mass is 9.88. The van der Waals surface area contributed by atoms with Crippen molar-refractivity contribution in [3.05, 3.63) is 167 Å². The summed E-state index contributed by atoms with van der Waals surface area (Å²) in [5.74, 6) is 6.68. The van der Waals surface area contributed by atoms with Crippen molar-refractivity contribution < 1.29 is 8.42 Å². The molecule has 6 rings (SSSR count). The van der Waals surface area contributed by atoms with Gasteiger partial charge >= 0.3 is 0 Å². The summed E-state index contributed by atoms with van der Waals surface area (Å²) in [5, 5.41) is 0. The Morgan fingerprint density at radius 2 is 1.30 bits per heavy atom. The second kappa shape index (κ2) is 10.7. The van der Waals surface area contributed by atoms with Crippen LogP contribution in [-0.2, 0) is 10.0 Å². The highest BCUT2D eigenvalue weighted by molar-refractivity contribution is 7.92. The fourth-order valence-corrected chi connectivity index (χ4v) is 6.55. The van der Waals surface area contributed by atoms with E-state index >= 15 is 0 Å². The molecule has 1 aliphatic heterocycles. The minimum absolute atomic E-state index is 0.222. The minimum atomic E-state index is -3.78. The van der Waals surface area contributed by atoms with E-state index < -0.39 is 10.0 Å². The largest absolute Gasteiger partial charge is 0.264 e. The van der Waals surface area contributed by atoms with Gasteiger partial charge in [-0.3, -0.25) is 4.31 Å². The highest BCUT2D eigenvalue weighted by Gasteiger charge is 2.35. The Bertz CT molecular complexity index is 1880. The Kier molecular flexibility index (Phi) is 6.82. The summed E-state index contributed by atoms with van der Waals surface area (Å²) in [6, 6.07) is 43.0. The van der Waals surface area contributed by atoms with Crippen molar-refractivity contribution in [2.75, 3.05) is 10.8 Å². The maximum atomic E-state index is 14.0. The molecule has 0 N–H and O–H groups in total. The molecule has 1 heterocycles. The van der Waals surface area contributed by atoms with Crippen LogP contribution in [0.25, 0.3) is 11.1 Å². The molecule has 0 fully saturated rings. The lowest BCUT2D eigenvalue weighted by Gasteiger charge is -2.20. The van der Waals surface area contributed by atoms with Crippen LogP contribution in [0, 0.1) is 18.8 Å². The van der Waals surface area contributed by atoms with Gasteiger partial charge in [-0.05, 0) is 65.6 Å². The molecule has 4 heteroatoms. The van der Waals surface area contributed by atoms with E-state index in [1.54, 1.807) is 12.1 Å². The van der Waals surface area contributed by atoms with E-state index in [0.717, 1.165) is 44.5 Å². The molecular formula is C36H27NO2S. The number of fused-ring (bicyclic) bond motifs is 1. The van der Waals surface area contributed by atoms with Gasteiger partial charge in [0.1, 0.15) is 0 Å². The Morgan fingerprint density at radius 3 is 2.05 bits per heavy atom. The van der Waals surface area contributed by atoms with Crippen LogP contribution in [0.15, 0.2) is 138 Å². The summed E-state index contributed by atoms with van der Waals surface area (Å²) in [4.78, 5) is 0.282. The average Bonchev–Trinajstić information content (AvgIpc) is 3.38. The molecule has 3 nitrogen and oxygen atoms in total. The van der Waals surface area contributed by atoms with Crippen molar-refractivity contribution in [2.24, 2.45) is 0 Å². The topological polar surface area (TPSA) is 37.4 Å². The van der Waals surface area contributed by atoms with Crippen LogP contribution in [0.5, 0.6) is 0 Å². The third-order valence-electron chi connectivity index (χ3n) is 7.08. The number of sulfonamides is 1. The van der Waals surface area contributed by atoms with Crippen molar-refractivity contribution in [3.8, 4) is 11.8 Å². The first kappa shape index (κ1) is 25.4. The molecule has 0 bridgehead atoms. The molecule has 40 heavy (non-hydrogen) atoms. The third-order valence-corrected chi connectivity index (χ3v) is 8.86. The van der Waals surface area contributed by atoms with Crippen molar-refractivity contribution in [1.29, 1.82) is 0 Å². The monoisotopic (exact) mass is 537 g/mol. The summed E-state index contributed by atoms with van der Waals surface area (Å²) in [6.07, 6.45) is 0. The van der Waals surface area contributed by atoms with E-state index in [4.69, 9.17) is 0 Å². The van der Waals surface area contributed by atoms with E-state index in [0.29, 0.717) is 5.69 Å². The van der Waals surface area contributed by atoms with E-state index in [9.17, 15) is 8.42 Å². The molecule has 0 unspecified atom stereocenters. The molecule has 0 aliphatic carbocycles. The van der Waals surface area contributed by atoms with Gasteiger partial charge in [-0.25, -0.2) is 8.42 Å². The fraction of sp³-hybridized carbons (Fsp3) is 0.0556. The number of anilines is 1. The molecular weight excluding hydrogens is 510 g/mol. The van der Waals surface area contributed by atoms with Gasteiger partial charge in [-0.2, -0.15) is 0 Å². The summed E-state index contributed by atoms with van der Waals surface area (Å²) in [6.45, 7) is 2.17. The molecule has 0 saturated heterocycles. The van der Waals surface area contributed by atoms with Gasteiger partial charge in [0.2, 0.25) is 0 Å². The van der Waals surface area contributed by atoms with E-state index in [1.165, 1.54) is 4.31 Å². The van der Waals surface area contributed by atoms with Gasteiger partial charge < -0.3 is 0 Å².